The summed E-state index contributed by atoms with van der Waals surface area (Å²) in [5.41, 5.74) is 1.74. The Kier molecular flexibility index (Phi) is 3.08. The van der Waals surface area contributed by atoms with Gasteiger partial charge in [-0.1, -0.05) is 13.3 Å². The van der Waals surface area contributed by atoms with Gasteiger partial charge in [0.25, 0.3) is 0 Å². The maximum Gasteiger partial charge on any atom is 0.226 e. The molecule has 1 aliphatic rings. The number of hydrogen-bond acceptors (Lipinski definition) is 3. The number of carbonyl (C=O) groups excluding carboxylic acids is 1. The lowest BCUT2D eigenvalue weighted by atomic mass is 10.1. The minimum Gasteiger partial charge on any atom is -0.365 e. The summed E-state index contributed by atoms with van der Waals surface area (Å²) in [7, 11) is 0. The molecule has 1 aliphatic heterocycles. The number of rotatable bonds is 2. The lowest BCUT2D eigenvalue weighted by Crippen LogP contribution is -2.22. The van der Waals surface area contributed by atoms with E-state index in [0.717, 1.165) is 30.0 Å². The number of fused-ring (bicyclic) bond motifs is 1. The van der Waals surface area contributed by atoms with Crippen LogP contribution in [0.25, 0.3) is 0 Å². The quantitative estimate of drug-likeness (QED) is 0.802. The standard InChI is InChI=1S/C12H17N3O/c1-3-4-9-7-11(16)15-10-6-5-8(2)13-12(10)14-9/h5-6,9H,3-4,7H2,1-2H3,(H,13,14)(H,15,16). The smallest absolute Gasteiger partial charge is 0.226 e. The molecule has 2 heterocycles. The van der Waals surface area contributed by atoms with Crippen molar-refractivity contribution in [3.63, 3.8) is 0 Å². The van der Waals surface area contributed by atoms with Crippen LogP contribution in [0.15, 0.2) is 12.1 Å². The molecule has 86 valence electrons. The van der Waals surface area contributed by atoms with Crippen molar-refractivity contribution in [2.24, 2.45) is 0 Å². The molecule has 4 nitrogen and oxygen atoms in total. The third kappa shape index (κ3) is 2.32. The second kappa shape index (κ2) is 4.51. The number of aryl methyl sites for hydroxylation is 1. The first-order valence-corrected chi connectivity index (χ1v) is 5.73. The molecule has 2 rings (SSSR count). The van der Waals surface area contributed by atoms with E-state index in [0.29, 0.717) is 6.42 Å². The summed E-state index contributed by atoms with van der Waals surface area (Å²) in [6.45, 7) is 4.07. The first kappa shape index (κ1) is 10.9. The van der Waals surface area contributed by atoms with Crippen molar-refractivity contribution in [1.29, 1.82) is 0 Å². The highest BCUT2D eigenvalue weighted by atomic mass is 16.1. The predicted molar refractivity (Wildman–Crippen MR) is 64.5 cm³/mol. The van der Waals surface area contributed by atoms with Crippen LogP contribution < -0.4 is 10.6 Å². The van der Waals surface area contributed by atoms with E-state index in [2.05, 4.69) is 22.5 Å². The van der Waals surface area contributed by atoms with Gasteiger partial charge in [0.2, 0.25) is 5.91 Å². The Bertz CT molecular complexity index is 403. The van der Waals surface area contributed by atoms with Crippen molar-refractivity contribution in [3.05, 3.63) is 17.8 Å². The maximum absolute atomic E-state index is 11.6. The molecule has 0 bridgehead atoms. The Morgan fingerprint density at radius 2 is 2.31 bits per heavy atom. The van der Waals surface area contributed by atoms with Gasteiger partial charge in [0, 0.05) is 18.2 Å². The molecule has 0 saturated carbocycles. The molecular formula is C12H17N3O. The Hall–Kier alpha value is -1.58. The van der Waals surface area contributed by atoms with Crippen molar-refractivity contribution in [1.82, 2.24) is 4.98 Å². The Labute approximate surface area is 95.5 Å². The van der Waals surface area contributed by atoms with Gasteiger partial charge in [-0.25, -0.2) is 4.98 Å². The SMILES string of the molecule is CCCC1CC(=O)Nc2ccc(C)nc2N1. The second-order valence-electron chi connectivity index (χ2n) is 4.23. The van der Waals surface area contributed by atoms with Crippen LogP contribution in [0.4, 0.5) is 11.5 Å². The van der Waals surface area contributed by atoms with E-state index in [9.17, 15) is 4.79 Å². The molecule has 0 fully saturated rings. The summed E-state index contributed by atoms with van der Waals surface area (Å²) in [4.78, 5) is 16.1. The number of hydrogen-bond donors (Lipinski definition) is 2. The molecule has 1 unspecified atom stereocenters. The fraction of sp³-hybridized carbons (Fsp3) is 0.500. The molecule has 0 aliphatic carbocycles. The van der Waals surface area contributed by atoms with Crippen molar-refractivity contribution in [2.75, 3.05) is 10.6 Å². The molecule has 16 heavy (non-hydrogen) atoms. The summed E-state index contributed by atoms with van der Waals surface area (Å²) in [6.07, 6.45) is 2.57. The van der Waals surface area contributed by atoms with Crippen LogP contribution >= 0.6 is 0 Å². The normalized spacial score (nSPS) is 19.4. The fourth-order valence-electron chi connectivity index (χ4n) is 1.96. The molecule has 4 heteroatoms. The third-order valence-corrected chi connectivity index (χ3v) is 2.72. The second-order valence-corrected chi connectivity index (χ2v) is 4.23. The fourth-order valence-corrected chi connectivity index (χ4v) is 1.96. The van der Waals surface area contributed by atoms with E-state index in [4.69, 9.17) is 0 Å². The number of anilines is 2. The molecular weight excluding hydrogens is 202 g/mol. The van der Waals surface area contributed by atoms with Crippen LogP contribution in [0.5, 0.6) is 0 Å². The van der Waals surface area contributed by atoms with Crippen LogP contribution in [-0.2, 0) is 4.79 Å². The summed E-state index contributed by atoms with van der Waals surface area (Å²) in [5.74, 6) is 0.861. The first-order chi connectivity index (χ1) is 7.69. The highest BCUT2D eigenvalue weighted by Gasteiger charge is 2.20. The zero-order valence-corrected chi connectivity index (χ0v) is 9.71. The molecule has 0 spiro atoms. The number of carbonyl (C=O) groups is 1. The molecule has 1 amide bonds. The van der Waals surface area contributed by atoms with Crippen LogP contribution in [0.1, 0.15) is 31.9 Å². The van der Waals surface area contributed by atoms with E-state index in [-0.39, 0.29) is 11.9 Å². The van der Waals surface area contributed by atoms with E-state index < -0.39 is 0 Å². The monoisotopic (exact) mass is 219 g/mol. The zero-order chi connectivity index (χ0) is 11.5. The minimum atomic E-state index is 0.0651. The van der Waals surface area contributed by atoms with E-state index >= 15 is 0 Å². The molecule has 0 aromatic carbocycles. The summed E-state index contributed by atoms with van der Waals surface area (Å²) in [6, 6.07) is 4.00. The van der Waals surface area contributed by atoms with Crippen molar-refractivity contribution < 1.29 is 4.79 Å². The van der Waals surface area contributed by atoms with Crippen molar-refractivity contribution in [2.45, 2.75) is 39.2 Å². The Morgan fingerprint density at radius 3 is 3.06 bits per heavy atom. The van der Waals surface area contributed by atoms with Crippen LogP contribution in [0.3, 0.4) is 0 Å². The number of pyridine rings is 1. The van der Waals surface area contributed by atoms with Crippen molar-refractivity contribution in [3.8, 4) is 0 Å². The number of nitrogens with zero attached hydrogens (tertiary/aromatic N) is 1. The highest BCUT2D eigenvalue weighted by Crippen LogP contribution is 2.25. The minimum absolute atomic E-state index is 0.0651. The van der Waals surface area contributed by atoms with Gasteiger partial charge in [-0.3, -0.25) is 4.79 Å². The lowest BCUT2D eigenvalue weighted by molar-refractivity contribution is -0.116. The summed E-state index contributed by atoms with van der Waals surface area (Å²) >= 11 is 0. The van der Waals surface area contributed by atoms with Gasteiger partial charge in [-0.15, -0.1) is 0 Å². The van der Waals surface area contributed by atoms with Gasteiger partial charge < -0.3 is 10.6 Å². The molecule has 1 aromatic heterocycles. The van der Waals surface area contributed by atoms with Gasteiger partial charge in [0.1, 0.15) is 5.82 Å². The van der Waals surface area contributed by atoms with Gasteiger partial charge in [-0.05, 0) is 25.5 Å². The zero-order valence-electron chi connectivity index (χ0n) is 9.71. The topological polar surface area (TPSA) is 54.0 Å². The maximum atomic E-state index is 11.6. The van der Waals surface area contributed by atoms with Gasteiger partial charge >= 0.3 is 0 Å². The van der Waals surface area contributed by atoms with Crippen LogP contribution in [0, 0.1) is 6.92 Å². The van der Waals surface area contributed by atoms with Crippen LogP contribution in [-0.4, -0.2) is 16.9 Å². The largest absolute Gasteiger partial charge is 0.365 e. The van der Waals surface area contributed by atoms with E-state index in [1.807, 2.05) is 19.1 Å². The Balaban J connectivity index is 2.28. The average Bonchev–Trinajstić information content (AvgIpc) is 2.36. The first-order valence-electron chi connectivity index (χ1n) is 5.73. The van der Waals surface area contributed by atoms with Gasteiger partial charge in [-0.2, -0.15) is 0 Å². The third-order valence-electron chi connectivity index (χ3n) is 2.72. The van der Waals surface area contributed by atoms with E-state index in [1.165, 1.54) is 0 Å². The molecule has 0 saturated heterocycles. The van der Waals surface area contributed by atoms with Gasteiger partial charge in [0.05, 0.1) is 5.69 Å². The van der Waals surface area contributed by atoms with Crippen LogP contribution in [0.2, 0.25) is 0 Å². The molecule has 0 radical (unpaired) electrons. The van der Waals surface area contributed by atoms with Crippen molar-refractivity contribution >= 4 is 17.4 Å². The Morgan fingerprint density at radius 1 is 1.50 bits per heavy atom. The van der Waals surface area contributed by atoms with Gasteiger partial charge in [0.15, 0.2) is 0 Å². The number of aromatic nitrogens is 1. The molecule has 1 atom stereocenters. The lowest BCUT2D eigenvalue weighted by Gasteiger charge is -2.15. The van der Waals surface area contributed by atoms with E-state index in [1.54, 1.807) is 0 Å². The number of nitrogens with one attached hydrogen (secondary N) is 2. The summed E-state index contributed by atoms with van der Waals surface area (Å²) < 4.78 is 0. The highest BCUT2D eigenvalue weighted by molar-refractivity contribution is 5.95. The number of amides is 1. The average molecular weight is 219 g/mol. The molecule has 1 aromatic rings. The molecule has 2 N–H and O–H groups in total. The predicted octanol–water partition coefficient (Wildman–Crippen LogP) is 2.31. The summed E-state index contributed by atoms with van der Waals surface area (Å²) in [5, 5.41) is 6.21.